The summed E-state index contributed by atoms with van der Waals surface area (Å²) in [7, 11) is 3.16. The minimum absolute atomic E-state index is 0.00907. The molecule has 0 aromatic carbocycles. The van der Waals surface area contributed by atoms with Crippen LogP contribution in [0.5, 0.6) is 11.5 Å². The van der Waals surface area contributed by atoms with Crippen LogP contribution in [-0.4, -0.2) is 47.8 Å². The van der Waals surface area contributed by atoms with Crippen LogP contribution in [0.15, 0.2) is 12.3 Å². The van der Waals surface area contributed by atoms with Gasteiger partial charge < -0.3 is 14.6 Å². The molecule has 1 N–H and O–H groups in total. The highest BCUT2D eigenvalue weighted by Crippen LogP contribution is 2.32. The lowest BCUT2D eigenvalue weighted by atomic mass is 10.0. The van der Waals surface area contributed by atoms with E-state index in [1.807, 2.05) is 6.92 Å². The van der Waals surface area contributed by atoms with Crippen molar-refractivity contribution in [2.75, 3.05) is 20.8 Å². The van der Waals surface area contributed by atoms with Gasteiger partial charge in [-0.2, -0.15) is 0 Å². The fraction of sp³-hybridized carbons (Fsp3) is 0.571. The largest absolute Gasteiger partial charge is 0.493 e. The molecule has 0 saturated carbocycles. The Kier molecular flexibility index (Phi) is 4.44. The molecule has 1 aromatic heterocycles. The van der Waals surface area contributed by atoms with Gasteiger partial charge in [-0.1, -0.05) is 0 Å². The number of carboxylic acid groups (broad SMARTS) is 1. The number of pyridine rings is 1. The zero-order chi connectivity index (χ0) is 14.7. The van der Waals surface area contributed by atoms with E-state index in [2.05, 4.69) is 9.88 Å². The first kappa shape index (κ1) is 14.6. The SMILES string of the molecule is COc1ccnc(CN2CCC(C(=O)O)C2C)c1OC. The molecule has 6 heteroatoms. The first-order chi connectivity index (χ1) is 9.58. The van der Waals surface area contributed by atoms with E-state index in [0.717, 1.165) is 12.2 Å². The normalized spacial score (nSPS) is 22.8. The Morgan fingerprint density at radius 3 is 2.80 bits per heavy atom. The molecule has 110 valence electrons. The quantitative estimate of drug-likeness (QED) is 0.879. The Morgan fingerprint density at radius 1 is 1.50 bits per heavy atom. The number of carbonyl (C=O) groups is 1. The number of aromatic nitrogens is 1. The first-order valence-electron chi connectivity index (χ1n) is 6.61. The van der Waals surface area contributed by atoms with Gasteiger partial charge in [0.25, 0.3) is 0 Å². The number of hydrogen-bond acceptors (Lipinski definition) is 5. The van der Waals surface area contributed by atoms with E-state index in [-0.39, 0.29) is 12.0 Å². The molecule has 2 heterocycles. The van der Waals surface area contributed by atoms with Crippen molar-refractivity contribution in [3.8, 4) is 11.5 Å². The third-order valence-corrected chi connectivity index (χ3v) is 3.92. The number of ether oxygens (including phenoxy) is 2. The van der Waals surface area contributed by atoms with Gasteiger partial charge in [-0.15, -0.1) is 0 Å². The zero-order valence-corrected chi connectivity index (χ0v) is 12.0. The number of aliphatic carboxylic acids is 1. The van der Waals surface area contributed by atoms with Crippen molar-refractivity contribution in [3.05, 3.63) is 18.0 Å². The van der Waals surface area contributed by atoms with Gasteiger partial charge >= 0.3 is 5.97 Å². The number of hydrogen-bond donors (Lipinski definition) is 1. The van der Waals surface area contributed by atoms with E-state index in [4.69, 9.17) is 14.6 Å². The smallest absolute Gasteiger partial charge is 0.308 e. The third kappa shape index (κ3) is 2.70. The second-order valence-corrected chi connectivity index (χ2v) is 4.94. The van der Waals surface area contributed by atoms with E-state index >= 15 is 0 Å². The van der Waals surface area contributed by atoms with Gasteiger partial charge in [0.2, 0.25) is 0 Å². The lowest BCUT2D eigenvalue weighted by molar-refractivity contribution is -0.142. The van der Waals surface area contributed by atoms with Gasteiger partial charge in [0, 0.05) is 24.8 Å². The molecular formula is C14H20N2O4. The summed E-state index contributed by atoms with van der Waals surface area (Å²) in [5, 5.41) is 9.16. The first-order valence-corrected chi connectivity index (χ1v) is 6.61. The van der Waals surface area contributed by atoms with Crippen LogP contribution in [0, 0.1) is 5.92 Å². The summed E-state index contributed by atoms with van der Waals surface area (Å²) in [6, 6.07) is 1.74. The molecule has 2 rings (SSSR count). The molecule has 20 heavy (non-hydrogen) atoms. The molecule has 0 aliphatic carbocycles. The highest BCUT2D eigenvalue weighted by molar-refractivity contribution is 5.71. The van der Waals surface area contributed by atoms with Crippen LogP contribution < -0.4 is 9.47 Å². The molecule has 0 amide bonds. The van der Waals surface area contributed by atoms with Gasteiger partial charge in [-0.25, -0.2) is 0 Å². The summed E-state index contributed by atoms with van der Waals surface area (Å²) in [4.78, 5) is 17.6. The number of nitrogens with zero attached hydrogens (tertiary/aromatic N) is 2. The van der Waals surface area contributed by atoms with E-state index < -0.39 is 5.97 Å². The van der Waals surface area contributed by atoms with Crippen molar-refractivity contribution >= 4 is 5.97 Å². The molecule has 0 radical (unpaired) electrons. The Balaban J connectivity index is 2.17. The van der Waals surface area contributed by atoms with E-state index in [1.54, 1.807) is 26.5 Å². The van der Waals surface area contributed by atoms with Crippen molar-refractivity contribution in [1.29, 1.82) is 0 Å². The van der Waals surface area contributed by atoms with Crippen LogP contribution in [0.4, 0.5) is 0 Å². The van der Waals surface area contributed by atoms with Crippen LogP contribution in [0.2, 0.25) is 0 Å². The molecule has 1 fully saturated rings. The molecule has 0 spiro atoms. The Morgan fingerprint density at radius 2 is 2.25 bits per heavy atom. The monoisotopic (exact) mass is 280 g/mol. The van der Waals surface area contributed by atoms with E-state index in [0.29, 0.717) is 24.5 Å². The average Bonchev–Trinajstić information content (AvgIpc) is 2.80. The summed E-state index contributed by atoms with van der Waals surface area (Å²) in [5.41, 5.74) is 0.768. The maximum absolute atomic E-state index is 11.1. The van der Waals surface area contributed by atoms with E-state index in [1.165, 1.54) is 0 Å². The maximum atomic E-state index is 11.1. The minimum Gasteiger partial charge on any atom is -0.493 e. The molecule has 1 aromatic rings. The topological polar surface area (TPSA) is 71.9 Å². The van der Waals surface area contributed by atoms with Crippen molar-refractivity contribution in [3.63, 3.8) is 0 Å². The van der Waals surface area contributed by atoms with E-state index in [9.17, 15) is 4.79 Å². The van der Waals surface area contributed by atoms with Crippen molar-refractivity contribution in [1.82, 2.24) is 9.88 Å². The van der Waals surface area contributed by atoms with Gasteiger partial charge in [0.15, 0.2) is 11.5 Å². The second-order valence-electron chi connectivity index (χ2n) is 4.94. The fourth-order valence-corrected chi connectivity index (χ4v) is 2.71. The van der Waals surface area contributed by atoms with Crippen LogP contribution in [0.25, 0.3) is 0 Å². The molecule has 1 aliphatic rings. The number of methoxy groups -OCH3 is 2. The lowest BCUT2D eigenvalue weighted by Gasteiger charge is -2.23. The summed E-state index contributed by atoms with van der Waals surface area (Å²) in [5.74, 6) is 0.206. The van der Waals surface area contributed by atoms with Crippen LogP contribution >= 0.6 is 0 Å². The third-order valence-electron chi connectivity index (χ3n) is 3.92. The number of likely N-dealkylation sites (tertiary alicyclic amines) is 1. The lowest BCUT2D eigenvalue weighted by Crippen LogP contribution is -2.32. The summed E-state index contributed by atoms with van der Waals surface area (Å²) >= 11 is 0. The molecule has 6 nitrogen and oxygen atoms in total. The maximum Gasteiger partial charge on any atom is 0.308 e. The van der Waals surface area contributed by atoms with Crippen LogP contribution in [0.3, 0.4) is 0 Å². The molecule has 1 saturated heterocycles. The Bertz CT molecular complexity index is 492. The van der Waals surface area contributed by atoms with Crippen molar-refractivity contribution in [2.24, 2.45) is 5.92 Å². The predicted molar refractivity (Wildman–Crippen MR) is 73.0 cm³/mol. The fourth-order valence-electron chi connectivity index (χ4n) is 2.71. The van der Waals surface area contributed by atoms with Crippen LogP contribution in [-0.2, 0) is 11.3 Å². The molecule has 1 aliphatic heterocycles. The van der Waals surface area contributed by atoms with Crippen molar-refractivity contribution in [2.45, 2.75) is 25.9 Å². The standard InChI is InChI=1S/C14H20N2O4/c1-9-10(14(17)18)5-7-16(9)8-11-13(20-3)12(19-2)4-6-15-11/h4,6,9-10H,5,7-8H2,1-3H3,(H,17,18). The predicted octanol–water partition coefficient (Wildman–Crippen LogP) is 1.39. The number of carboxylic acids is 1. The molecule has 2 atom stereocenters. The van der Waals surface area contributed by atoms with Gasteiger partial charge in [-0.05, 0) is 19.9 Å². The summed E-state index contributed by atoms with van der Waals surface area (Å²) in [6.07, 6.45) is 2.34. The van der Waals surface area contributed by atoms with Crippen LogP contribution in [0.1, 0.15) is 19.0 Å². The summed E-state index contributed by atoms with van der Waals surface area (Å²) < 4.78 is 10.6. The van der Waals surface area contributed by atoms with Gasteiger partial charge in [-0.3, -0.25) is 14.7 Å². The average molecular weight is 280 g/mol. The Hall–Kier alpha value is -1.82. The number of rotatable bonds is 5. The molecule has 2 unspecified atom stereocenters. The van der Waals surface area contributed by atoms with Gasteiger partial charge in [0.05, 0.1) is 20.1 Å². The highest BCUT2D eigenvalue weighted by Gasteiger charge is 2.36. The zero-order valence-electron chi connectivity index (χ0n) is 12.0. The summed E-state index contributed by atoms with van der Waals surface area (Å²) in [6.45, 7) is 3.25. The van der Waals surface area contributed by atoms with Crippen molar-refractivity contribution < 1.29 is 19.4 Å². The molecular weight excluding hydrogens is 260 g/mol. The highest BCUT2D eigenvalue weighted by atomic mass is 16.5. The Labute approximate surface area is 118 Å². The second kappa shape index (κ2) is 6.09. The minimum atomic E-state index is -0.731. The molecule has 0 bridgehead atoms. The van der Waals surface area contributed by atoms with Gasteiger partial charge in [0.1, 0.15) is 5.69 Å².